The fraction of sp³-hybridized carbons (Fsp3) is 0.476. The smallest absolute Gasteiger partial charge is 0.294 e. The minimum atomic E-state index is -0.400. The van der Waals surface area contributed by atoms with Gasteiger partial charge in [-0.2, -0.15) is 0 Å². The molecule has 7 nitrogen and oxygen atoms in total. The van der Waals surface area contributed by atoms with Gasteiger partial charge in [-0.25, -0.2) is 0 Å². The molecule has 3 aliphatic heterocycles. The number of rotatable bonds is 4. The van der Waals surface area contributed by atoms with Gasteiger partial charge in [0.15, 0.2) is 0 Å². The average molecular weight is 416 g/mol. The Bertz CT molecular complexity index is 857. The number of morpholine rings is 1. The zero-order chi connectivity index (χ0) is 20.4. The van der Waals surface area contributed by atoms with E-state index in [1.165, 1.54) is 18.5 Å². The van der Waals surface area contributed by atoms with Crippen LogP contribution >= 0.6 is 11.8 Å². The first kappa shape index (κ1) is 20.0. The van der Waals surface area contributed by atoms with E-state index in [0.717, 1.165) is 40.9 Å². The number of aryl methyl sites for hydroxylation is 1. The lowest BCUT2D eigenvalue weighted by molar-refractivity contribution is -0.139. The Morgan fingerprint density at radius 1 is 1.14 bits per heavy atom. The maximum atomic E-state index is 12.7. The number of ether oxygens (including phenoxy) is 1. The Kier molecular flexibility index (Phi) is 5.91. The van der Waals surface area contributed by atoms with E-state index in [2.05, 4.69) is 17.9 Å². The molecule has 154 valence electrons. The number of anilines is 1. The van der Waals surface area contributed by atoms with Gasteiger partial charge in [0, 0.05) is 31.9 Å². The Labute approximate surface area is 174 Å². The normalized spacial score (nSPS) is 21.6. The van der Waals surface area contributed by atoms with Crippen LogP contribution in [0.15, 0.2) is 23.1 Å². The third kappa shape index (κ3) is 4.33. The van der Waals surface area contributed by atoms with E-state index in [9.17, 15) is 14.4 Å². The van der Waals surface area contributed by atoms with Crippen molar-refractivity contribution in [3.05, 3.63) is 34.2 Å². The highest BCUT2D eigenvalue weighted by molar-refractivity contribution is 8.18. The standard InChI is InChI=1S/C21H25N3O4S/c1-15-12-16(4-5-17(15)22-6-2-3-7-22)13-18-20(26)24(21(27)29-18)14-19(25)23-8-10-28-11-9-23/h4-5,12-13H,2-3,6-11,14H2,1H3/b18-13-. The summed E-state index contributed by atoms with van der Waals surface area (Å²) in [6.45, 7) is 5.97. The van der Waals surface area contributed by atoms with Gasteiger partial charge in [0.25, 0.3) is 11.1 Å². The largest absolute Gasteiger partial charge is 0.378 e. The Morgan fingerprint density at radius 2 is 1.86 bits per heavy atom. The van der Waals surface area contributed by atoms with Crippen molar-refractivity contribution in [1.29, 1.82) is 0 Å². The van der Waals surface area contributed by atoms with E-state index >= 15 is 0 Å². The van der Waals surface area contributed by atoms with Crippen molar-refractivity contribution in [2.24, 2.45) is 0 Å². The molecule has 0 aromatic heterocycles. The topological polar surface area (TPSA) is 70.2 Å². The summed E-state index contributed by atoms with van der Waals surface area (Å²) in [7, 11) is 0. The fourth-order valence-corrected chi connectivity index (χ4v) is 4.76. The first-order chi connectivity index (χ1) is 14.0. The number of carbonyl (C=O) groups is 3. The SMILES string of the molecule is Cc1cc(/C=C2\SC(=O)N(CC(=O)N3CCOCC3)C2=O)ccc1N1CCCC1. The van der Waals surface area contributed by atoms with Crippen LogP contribution < -0.4 is 4.90 Å². The molecule has 0 saturated carbocycles. The van der Waals surface area contributed by atoms with E-state index in [1.54, 1.807) is 11.0 Å². The lowest BCUT2D eigenvalue weighted by Crippen LogP contribution is -2.46. The lowest BCUT2D eigenvalue weighted by atomic mass is 10.1. The van der Waals surface area contributed by atoms with Crippen LogP contribution in [0.25, 0.3) is 6.08 Å². The van der Waals surface area contributed by atoms with Gasteiger partial charge < -0.3 is 14.5 Å². The molecule has 0 atom stereocenters. The monoisotopic (exact) mass is 415 g/mol. The molecule has 0 unspecified atom stereocenters. The summed E-state index contributed by atoms with van der Waals surface area (Å²) in [5.74, 6) is -0.620. The minimum absolute atomic E-state index is 0.213. The predicted molar refractivity (Wildman–Crippen MR) is 113 cm³/mol. The molecule has 3 saturated heterocycles. The summed E-state index contributed by atoms with van der Waals surface area (Å²) in [4.78, 5) is 42.9. The predicted octanol–water partition coefficient (Wildman–Crippen LogP) is 2.49. The molecule has 0 radical (unpaired) electrons. The van der Waals surface area contributed by atoms with Crippen molar-refractivity contribution >= 4 is 40.6 Å². The number of hydrogen-bond acceptors (Lipinski definition) is 6. The van der Waals surface area contributed by atoms with Crippen LogP contribution in [0.4, 0.5) is 10.5 Å². The van der Waals surface area contributed by atoms with Crippen LogP contribution in [0, 0.1) is 6.92 Å². The molecule has 3 amide bonds. The summed E-state index contributed by atoms with van der Waals surface area (Å²) in [6, 6.07) is 6.10. The highest BCUT2D eigenvalue weighted by Gasteiger charge is 2.37. The molecular formula is C21H25N3O4S. The van der Waals surface area contributed by atoms with Gasteiger partial charge in [0.05, 0.1) is 18.1 Å². The summed E-state index contributed by atoms with van der Waals surface area (Å²) in [6.07, 6.45) is 4.18. The molecule has 0 spiro atoms. The number of benzene rings is 1. The molecule has 3 aliphatic rings. The molecule has 4 rings (SSSR count). The molecule has 0 N–H and O–H groups in total. The van der Waals surface area contributed by atoms with Gasteiger partial charge in [-0.05, 0) is 60.9 Å². The quantitative estimate of drug-likeness (QED) is 0.704. The van der Waals surface area contributed by atoms with E-state index < -0.39 is 11.1 Å². The van der Waals surface area contributed by atoms with Crippen LogP contribution in [0.2, 0.25) is 0 Å². The number of nitrogens with zero attached hydrogens (tertiary/aromatic N) is 3. The van der Waals surface area contributed by atoms with Crippen molar-refractivity contribution < 1.29 is 19.1 Å². The number of carbonyl (C=O) groups excluding carboxylic acids is 3. The van der Waals surface area contributed by atoms with Crippen LogP contribution in [-0.2, 0) is 14.3 Å². The fourth-order valence-electron chi connectivity index (χ4n) is 3.92. The first-order valence-corrected chi connectivity index (χ1v) is 10.8. The molecule has 1 aromatic carbocycles. The second kappa shape index (κ2) is 8.59. The third-order valence-corrected chi connectivity index (χ3v) is 6.40. The van der Waals surface area contributed by atoms with Crippen molar-refractivity contribution in [3.8, 4) is 0 Å². The summed E-state index contributed by atoms with van der Waals surface area (Å²) < 4.78 is 5.24. The van der Waals surface area contributed by atoms with Crippen LogP contribution in [0.1, 0.15) is 24.0 Å². The van der Waals surface area contributed by atoms with Crippen molar-refractivity contribution in [2.45, 2.75) is 19.8 Å². The molecule has 3 heterocycles. The summed E-state index contributed by atoms with van der Waals surface area (Å²) >= 11 is 0.893. The summed E-state index contributed by atoms with van der Waals surface area (Å²) in [5, 5.41) is -0.395. The molecule has 0 bridgehead atoms. The second-order valence-electron chi connectivity index (χ2n) is 7.50. The number of thioether (sulfide) groups is 1. The van der Waals surface area contributed by atoms with Crippen molar-refractivity contribution in [3.63, 3.8) is 0 Å². The van der Waals surface area contributed by atoms with Gasteiger partial charge in [-0.3, -0.25) is 19.3 Å². The minimum Gasteiger partial charge on any atom is -0.378 e. The van der Waals surface area contributed by atoms with Gasteiger partial charge in [0.2, 0.25) is 5.91 Å². The number of hydrogen-bond donors (Lipinski definition) is 0. The lowest BCUT2D eigenvalue weighted by Gasteiger charge is -2.28. The van der Waals surface area contributed by atoms with E-state index in [0.29, 0.717) is 31.2 Å². The molecule has 1 aromatic rings. The molecule has 29 heavy (non-hydrogen) atoms. The van der Waals surface area contributed by atoms with E-state index in [4.69, 9.17) is 4.74 Å². The molecule has 3 fully saturated rings. The van der Waals surface area contributed by atoms with Crippen LogP contribution in [-0.4, -0.2) is 72.8 Å². The van der Waals surface area contributed by atoms with Gasteiger partial charge in [0.1, 0.15) is 6.54 Å². The zero-order valence-electron chi connectivity index (χ0n) is 16.6. The van der Waals surface area contributed by atoms with Gasteiger partial charge in [-0.1, -0.05) is 6.07 Å². The third-order valence-electron chi connectivity index (χ3n) is 5.50. The molecule has 8 heteroatoms. The van der Waals surface area contributed by atoms with Crippen molar-refractivity contribution in [1.82, 2.24) is 9.80 Å². The molecule has 0 aliphatic carbocycles. The highest BCUT2D eigenvalue weighted by atomic mass is 32.2. The maximum Gasteiger partial charge on any atom is 0.294 e. The Morgan fingerprint density at radius 3 is 2.55 bits per heavy atom. The average Bonchev–Trinajstić information content (AvgIpc) is 3.33. The number of amides is 3. The Balaban J connectivity index is 1.45. The zero-order valence-corrected chi connectivity index (χ0v) is 17.4. The highest BCUT2D eigenvalue weighted by Crippen LogP contribution is 2.33. The maximum absolute atomic E-state index is 12.7. The first-order valence-electron chi connectivity index (χ1n) is 9.99. The van der Waals surface area contributed by atoms with Gasteiger partial charge in [-0.15, -0.1) is 0 Å². The van der Waals surface area contributed by atoms with E-state index in [1.807, 2.05) is 12.1 Å². The second-order valence-corrected chi connectivity index (χ2v) is 8.49. The van der Waals surface area contributed by atoms with Crippen LogP contribution in [0.3, 0.4) is 0 Å². The summed E-state index contributed by atoms with van der Waals surface area (Å²) in [5.41, 5.74) is 3.27. The van der Waals surface area contributed by atoms with Crippen molar-refractivity contribution in [2.75, 3.05) is 50.8 Å². The van der Waals surface area contributed by atoms with Gasteiger partial charge >= 0.3 is 0 Å². The van der Waals surface area contributed by atoms with Crippen LogP contribution in [0.5, 0.6) is 0 Å². The van der Waals surface area contributed by atoms with E-state index in [-0.39, 0.29) is 12.5 Å². The Hall–Kier alpha value is -2.32. The number of imide groups is 1. The molecular weight excluding hydrogens is 390 g/mol.